The van der Waals surface area contributed by atoms with Crippen LogP contribution in [0.5, 0.6) is 5.75 Å². The Bertz CT molecular complexity index is 1050. The largest absolute Gasteiger partial charge is 0.496 e. The molecule has 2 aromatic rings. The van der Waals surface area contributed by atoms with E-state index in [0.717, 1.165) is 28.9 Å². The van der Waals surface area contributed by atoms with Crippen molar-refractivity contribution in [1.82, 2.24) is 14.9 Å². The first-order valence-corrected chi connectivity index (χ1v) is 12.6. The van der Waals surface area contributed by atoms with Gasteiger partial charge in [-0.2, -0.15) is 18.2 Å². The van der Waals surface area contributed by atoms with E-state index in [0.29, 0.717) is 35.7 Å². The second-order valence-electron chi connectivity index (χ2n) is 9.02. The summed E-state index contributed by atoms with van der Waals surface area (Å²) in [5.74, 6) is 0.454. The molecule has 0 saturated heterocycles. The van der Waals surface area contributed by atoms with Gasteiger partial charge in [0.15, 0.2) is 0 Å². The van der Waals surface area contributed by atoms with E-state index >= 15 is 0 Å². The summed E-state index contributed by atoms with van der Waals surface area (Å²) in [5, 5.41) is 12.8. The predicted molar refractivity (Wildman–Crippen MR) is 139 cm³/mol. The number of nitrogens with one attached hydrogen (secondary N) is 1. The maximum Gasteiger partial charge on any atom is 0.401 e. The molecule has 0 spiro atoms. The van der Waals surface area contributed by atoms with Gasteiger partial charge in [-0.3, -0.25) is 9.69 Å². The van der Waals surface area contributed by atoms with Crippen molar-refractivity contribution >= 4 is 17.7 Å². The third-order valence-electron chi connectivity index (χ3n) is 5.87. The molecule has 4 N–H and O–H groups in total. The quantitative estimate of drug-likeness (QED) is 0.289. The number of aromatic nitrogens is 2. The summed E-state index contributed by atoms with van der Waals surface area (Å²) >= 11 is 0. The second-order valence-corrected chi connectivity index (χ2v) is 9.02. The summed E-state index contributed by atoms with van der Waals surface area (Å²) in [6, 6.07) is 5.15. The summed E-state index contributed by atoms with van der Waals surface area (Å²) in [4.78, 5) is 21.5. The number of aliphatic hydroxyl groups excluding tert-OH is 1. The van der Waals surface area contributed by atoms with Crippen LogP contribution in [-0.2, 0) is 22.5 Å². The number of methoxy groups -OCH3 is 1. The maximum atomic E-state index is 13.1. The number of hydrogen-bond donors (Lipinski definition) is 3. The fraction of sp³-hybridized carbons (Fsp3) is 0.577. The smallest absolute Gasteiger partial charge is 0.401 e. The number of rotatable bonds is 15. The van der Waals surface area contributed by atoms with Crippen molar-refractivity contribution < 1.29 is 32.5 Å². The zero-order valence-corrected chi connectivity index (χ0v) is 22.4. The van der Waals surface area contributed by atoms with Crippen LogP contribution in [0.4, 0.5) is 24.9 Å². The van der Waals surface area contributed by atoms with Crippen LogP contribution < -0.4 is 15.8 Å². The molecule has 38 heavy (non-hydrogen) atoms. The number of aliphatic hydroxyl groups is 1. The van der Waals surface area contributed by atoms with Crippen molar-refractivity contribution in [3.63, 3.8) is 0 Å². The molecule has 1 aromatic carbocycles. The minimum absolute atomic E-state index is 0.000681. The van der Waals surface area contributed by atoms with E-state index in [2.05, 4.69) is 22.2 Å². The van der Waals surface area contributed by atoms with E-state index in [1.807, 2.05) is 6.92 Å². The molecule has 0 radical (unpaired) electrons. The number of ether oxygens (including phenoxy) is 2. The molecule has 1 atom stereocenters. The Morgan fingerprint density at radius 1 is 1.24 bits per heavy atom. The predicted octanol–water partition coefficient (Wildman–Crippen LogP) is 3.86. The van der Waals surface area contributed by atoms with Crippen molar-refractivity contribution in [1.29, 1.82) is 0 Å². The third-order valence-corrected chi connectivity index (χ3v) is 5.87. The van der Waals surface area contributed by atoms with E-state index in [9.17, 15) is 23.1 Å². The van der Waals surface area contributed by atoms with Crippen LogP contribution in [0.1, 0.15) is 55.5 Å². The molecule has 12 heteroatoms. The number of esters is 1. The molecule has 9 nitrogen and oxygen atoms in total. The zero-order chi connectivity index (χ0) is 28.3. The first kappa shape index (κ1) is 31.1. The van der Waals surface area contributed by atoms with Crippen molar-refractivity contribution in [3.8, 4) is 5.75 Å². The third kappa shape index (κ3) is 9.97. The number of nitrogens with zero attached hydrogens (tertiary/aromatic N) is 3. The molecule has 0 aliphatic heterocycles. The molecule has 0 bridgehead atoms. The van der Waals surface area contributed by atoms with E-state index in [1.54, 1.807) is 25.1 Å². The summed E-state index contributed by atoms with van der Waals surface area (Å²) < 4.78 is 49.8. The summed E-state index contributed by atoms with van der Waals surface area (Å²) in [6.07, 6.45) is -1.79. The lowest BCUT2D eigenvalue weighted by atomic mass is 10.0. The summed E-state index contributed by atoms with van der Waals surface area (Å²) in [6.45, 7) is 3.74. The van der Waals surface area contributed by atoms with Gasteiger partial charge in [-0.05, 0) is 43.9 Å². The topological polar surface area (TPSA) is 123 Å². The van der Waals surface area contributed by atoms with Crippen molar-refractivity contribution in [2.24, 2.45) is 0 Å². The monoisotopic (exact) mass is 541 g/mol. The molecule has 1 aromatic heterocycles. The van der Waals surface area contributed by atoms with E-state index < -0.39 is 25.2 Å². The number of aryl methyl sites for hydroxylation is 1. The van der Waals surface area contributed by atoms with Crippen molar-refractivity contribution in [3.05, 3.63) is 40.6 Å². The van der Waals surface area contributed by atoms with Gasteiger partial charge in [0.2, 0.25) is 5.95 Å². The normalized spacial score (nSPS) is 12.4. The number of nitrogens with two attached hydrogens (primary N) is 1. The molecule has 0 saturated carbocycles. The average molecular weight is 542 g/mol. The summed E-state index contributed by atoms with van der Waals surface area (Å²) in [7, 11) is 1.48. The molecule has 0 aliphatic rings. The number of anilines is 2. The standard InChI is InChI=1S/C26H38F3N5O4/c1-5-7-20(10-11-35)32-24-21(17(3)31-25(30)33-24)13-19-9-8-18(12-22(19)37-4)14-34(16-26(27,28)29)15-23(36)38-6-2/h8-9,12,20,35H,5-7,10-11,13-16H2,1-4H3,(H3,30,31,32,33)/t20-/m0/s1. The molecule has 212 valence electrons. The van der Waals surface area contributed by atoms with Gasteiger partial charge < -0.3 is 25.6 Å². The molecular formula is C26H38F3N5O4. The Labute approximate surface area is 221 Å². The number of carbonyl (C=O) groups is 1. The van der Waals surface area contributed by atoms with Crippen LogP contribution in [0.2, 0.25) is 0 Å². The molecule has 0 unspecified atom stereocenters. The lowest BCUT2D eigenvalue weighted by Crippen LogP contribution is -2.38. The molecular weight excluding hydrogens is 503 g/mol. The molecule has 1 heterocycles. The molecule has 0 fully saturated rings. The van der Waals surface area contributed by atoms with Gasteiger partial charge in [0.05, 0.1) is 26.8 Å². The number of halogens is 3. The number of benzene rings is 1. The van der Waals surface area contributed by atoms with Gasteiger partial charge in [-0.25, -0.2) is 4.98 Å². The maximum absolute atomic E-state index is 13.1. The average Bonchev–Trinajstić information content (AvgIpc) is 2.81. The Hall–Kier alpha value is -3.12. The molecule has 2 rings (SSSR count). The van der Waals surface area contributed by atoms with E-state index in [-0.39, 0.29) is 31.7 Å². The van der Waals surface area contributed by atoms with Crippen molar-refractivity contribution in [2.75, 3.05) is 44.5 Å². The number of alkyl halides is 3. The highest BCUT2D eigenvalue weighted by Crippen LogP contribution is 2.29. The second kappa shape index (κ2) is 14.7. The van der Waals surface area contributed by atoms with Crippen LogP contribution in [0.3, 0.4) is 0 Å². The van der Waals surface area contributed by atoms with Gasteiger partial charge in [0, 0.05) is 36.9 Å². The Kier molecular flexibility index (Phi) is 12.0. The SMILES string of the molecule is CCC[C@@H](CCO)Nc1nc(N)nc(C)c1Cc1ccc(CN(CC(=O)OCC)CC(F)(F)F)cc1OC. The first-order valence-electron chi connectivity index (χ1n) is 12.6. The van der Waals surface area contributed by atoms with Crippen LogP contribution in [0.25, 0.3) is 0 Å². The minimum Gasteiger partial charge on any atom is -0.496 e. The van der Waals surface area contributed by atoms with Gasteiger partial charge in [-0.1, -0.05) is 25.5 Å². The van der Waals surface area contributed by atoms with Crippen LogP contribution in [0.15, 0.2) is 18.2 Å². The van der Waals surface area contributed by atoms with Crippen LogP contribution in [0, 0.1) is 6.92 Å². The van der Waals surface area contributed by atoms with E-state index in [4.69, 9.17) is 15.2 Å². The van der Waals surface area contributed by atoms with Crippen LogP contribution >= 0.6 is 0 Å². The Balaban J connectivity index is 2.33. The first-order chi connectivity index (χ1) is 18.0. The van der Waals surface area contributed by atoms with Crippen LogP contribution in [-0.4, -0.2) is 71.6 Å². The number of nitrogen functional groups attached to an aromatic ring is 1. The summed E-state index contributed by atoms with van der Waals surface area (Å²) in [5.41, 5.74) is 8.71. The van der Waals surface area contributed by atoms with Gasteiger partial charge in [0.1, 0.15) is 11.6 Å². The fourth-order valence-corrected chi connectivity index (χ4v) is 4.23. The number of hydrogen-bond acceptors (Lipinski definition) is 9. The Morgan fingerprint density at radius 2 is 1.97 bits per heavy atom. The van der Waals surface area contributed by atoms with Gasteiger partial charge >= 0.3 is 12.1 Å². The Morgan fingerprint density at radius 3 is 2.58 bits per heavy atom. The highest BCUT2D eigenvalue weighted by Gasteiger charge is 2.32. The highest BCUT2D eigenvalue weighted by atomic mass is 19.4. The lowest BCUT2D eigenvalue weighted by molar-refractivity contribution is -0.157. The fourth-order valence-electron chi connectivity index (χ4n) is 4.23. The molecule has 0 amide bonds. The zero-order valence-electron chi connectivity index (χ0n) is 22.4. The van der Waals surface area contributed by atoms with Crippen molar-refractivity contribution in [2.45, 2.75) is 65.2 Å². The number of carbonyl (C=O) groups excluding carboxylic acids is 1. The van der Waals surface area contributed by atoms with Gasteiger partial charge in [-0.15, -0.1) is 0 Å². The lowest BCUT2D eigenvalue weighted by Gasteiger charge is -2.23. The minimum atomic E-state index is -4.47. The van der Waals surface area contributed by atoms with Gasteiger partial charge in [0.25, 0.3) is 0 Å². The highest BCUT2D eigenvalue weighted by molar-refractivity contribution is 5.71. The molecule has 0 aliphatic carbocycles. The van der Waals surface area contributed by atoms with E-state index in [1.165, 1.54) is 7.11 Å².